The lowest BCUT2D eigenvalue weighted by Crippen LogP contribution is -2.35. The van der Waals surface area contributed by atoms with Crippen LogP contribution in [-0.4, -0.2) is 36.2 Å². The van der Waals surface area contributed by atoms with E-state index < -0.39 is 0 Å². The number of rotatable bonds is 6. The van der Waals surface area contributed by atoms with Gasteiger partial charge in [-0.1, -0.05) is 13.8 Å². The average Bonchev–Trinajstić information content (AvgIpc) is 2.55. The Morgan fingerprint density at radius 2 is 1.88 bits per heavy atom. The van der Waals surface area contributed by atoms with Crippen LogP contribution in [0.1, 0.15) is 19.7 Å². The van der Waals surface area contributed by atoms with Gasteiger partial charge in [0, 0.05) is 12.6 Å². The maximum Gasteiger partial charge on any atom is 0.262 e. The Morgan fingerprint density at radius 3 is 2.46 bits per heavy atom. The molecule has 2 rings (SSSR count). The largest absolute Gasteiger partial charge is 0.493 e. The van der Waals surface area contributed by atoms with Gasteiger partial charge in [0.2, 0.25) is 5.91 Å². The van der Waals surface area contributed by atoms with Crippen LogP contribution >= 0.6 is 0 Å². The molecule has 1 aromatic heterocycles. The van der Waals surface area contributed by atoms with Crippen molar-refractivity contribution in [3.05, 3.63) is 28.3 Å². The van der Waals surface area contributed by atoms with Gasteiger partial charge in [-0.3, -0.25) is 14.2 Å². The molecule has 0 bridgehead atoms. The summed E-state index contributed by atoms with van der Waals surface area (Å²) in [5.41, 5.74) is 0.229. The van der Waals surface area contributed by atoms with E-state index in [1.807, 2.05) is 13.8 Å². The number of aryl methyl sites for hydroxylation is 1. The second kappa shape index (κ2) is 7.33. The molecule has 2 aromatic rings. The molecule has 0 aliphatic heterocycles. The van der Waals surface area contributed by atoms with Gasteiger partial charge in [-0.15, -0.1) is 0 Å². The fourth-order valence-corrected chi connectivity index (χ4v) is 2.36. The van der Waals surface area contributed by atoms with Crippen LogP contribution in [-0.2, 0) is 11.3 Å². The van der Waals surface area contributed by atoms with Gasteiger partial charge in [0.25, 0.3) is 5.56 Å². The Bertz CT molecular complexity index is 812. The molecule has 0 aliphatic rings. The Balaban J connectivity index is 2.45. The molecule has 1 aromatic carbocycles. The molecule has 0 saturated heterocycles. The number of hydrogen-bond acceptors (Lipinski definition) is 5. The number of ether oxygens (including phenoxy) is 2. The lowest BCUT2D eigenvalue weighted by molar-refractivity contribution is -0.121. The lowest BCUT2D eigenvalue weighted by atomic mass is 10.2. The van der Waals surface area contributed by atoms with E-state index in [2.05, 4.69) is 10.3 Å². The molecule has 0 saturated carbocycles. The molecule has 1 N–H and O–H groups in total. The van der Waals surface area contributed by atoms with Gasteiger partial charge in [0.1, 0.15) is 12.4 Å². The molecular formula is C17H23N3O4. The smallest absolute Gasteiger partial charge is 0.262 e. The SMILES string of the molecule is COc1cc2nc(C)n(CC(=O)NCC(C)C)c(=O)c2cc1OC. The number of amides is 1. The van der Waals surface area contributed by atoms with Gasteiger partial charge in [0.05, 0.1) is 25.1 Å². The summed E-state index contributed by atoms with van der Waals surface area (Å²) in [5, 5.41) is 3.19. The molecular weight excluding hydrogens is 310 g/mol. The van der Waals surface area contributed by atoms with Crippen LogP contribution in [0.3, 0.4) is 0 Å². The fourth-order valence-electron chi connectivity index (χ4n) is 2.36. The third-order valence-electron chi connectivity index (χ3n) is 3.66. The molecule has 0 radical (unpaired) electrons. The van der Waals surface area contributed by atoms with Crippen molar-refractivity contribution in [2.75, 3.05) is 20.8 Å². The van der Waals surface area contributed by atoms with Crippen LogP contribution in [0.5, 0.6) is 11.5 Å². The molecule has 24 heavy (non-hydrogen) atoms. The maximum absolute atomic E-state index is 12.7. The van der Waals surface area contributed by atoms with Crippen LogP contribution in [0.25, 0.3) is 10.9 Å². The maximum atomic E-state index is 12.7. The molecule has 0 atom stereocenters. The van der Waals surface area contributed by atoms with E-state index in [4.69, 9.17) is 9.47 Å². The number of fused-ring (bicyclic) bond motifs is 1. The minimum absolute atomic E-state index is 0.0608. The van der Waals surface area contributed by atoms with Gasteiger partial charge in [-0.05, 0) is 18.9 Å². The van der Waals surface area contributed by atoms with Gasteiger partial charge < -0.3 is 14.8 Å². The first-order valence-electron chi connectivity index (χ1n) is 7.77. The summed E-state index contributed by atoms with van der Waals surface area (Å²) in [7, 11) is 3.03. The lowest BCUT2D eigenvalue weighted by Gasteiger charge is -2.13. The quantitative estimate of drug-likeness (QED) is 0.866. The number of nitrogens with one attached hydrogen (secondary N) is 1. The monoisotopic (exact) mass is 333 g/mol. The highest BCUT2D eigenvalue weighted by molar-refractivity contribution is 5.82. The topological polar surface area (TPSA) is 82.5 Å². The van der Waals surface area contributed by atoms with Crippen molar-refractivity contribution in [3.63, 3.8) is 0 Å². The summed E-state index contributed by atoms with van der Waals surface area (Å²) >= 11 is 0. The zero-order chi connectivity index (χ0) is 17.9. The highest BCUT2D eigenvalue weighted by Crippen LogP contribution is 2.30. The summed E-state index contributed by atoms with van der Waals surface area (Å²) in [6.07, 6.45) is 0. The van der Waals surface area contributed by atoms with E-state index in [-0.39, 0.29) is 18.0 Å². The number of nitrogens with zero attached hydrogens (tertiary/aromatic N) is 2. The molecule has 0 unspecified atom stereocenters. The van der Waals surface area contributed by atoms with Crippen molar-refractivity contribution in [3.8, 4) is 11.5 Å². The second-order valence-corrected chi connectivity index (χ2v) is 5.97. The van der Waals surface area contributed by atoms with E-state index in [1.54, 1.807) is 19.1 Å². The van der Waals surface area contributed by atoms with Crippen LogP contribution in [0.4, 0.5) is 0 Å². The molecule has 0 spiro atoms. The normalized spacial score (nSPS) is 10.9. The molecule has 1 amide bonds. The number of benzene rings is 1. The van der Waals surface area contributed by atoms with Gasteiger partial charge in [0.15, 0.2) is 11.5 Å². The first-order chi connectivity index (χ1) is 11.4. The third-order valence-corrected chi connectivity index (χ3v) is 3.66. The first kappa shape index (κ1) is 17.8. The third kappa shape index (κ3) is 3.67. The van der Waals surface area contributed by atoms with Gasteiger partial charge in [-0.2, -0.15) is 0 Å². The summed E-state index contributed by atoms with van der Waals surface area (Å²) in [6.45, 7) is 6.23. The van der Waals surface area contributed by atoms with Crippen LogP contribution in [0, 0.1) is 12.8 Å². The van der Waals surface area contributed by atoms with Crippen molar-refractivity contribution >= 4 is 16.8 Å². The van der Waals surface area contributed by atoms with Crippen molar-refractivity contribution in [1.82, 2.24) is 14.9 Å². The van der Waals surface area contributed by atoms with Crippen LogP contribution < -0.4 is 20.3 Å². The number of methoxy groups -OCH3 is 2. The van der Waals surface area contributed by atoms with Gasteiger partial charge >= 0.3 is 0 Å². The van der Waals surface area contributed by atoms with Crippen LogP contribution in [0.15, 0.2) is 16.9 Å². The minimum atomic E-state index is -0.279. The number of carbonyl (C=O) groups is 1. The van der Waals surface area contributed by atoms with Crippen molar-refractivity contribution < 1.29 is 14.3 Å². The van der Waals surface area contributed by atoms with E-state index in [9.17, 15) is 9.59 Å². The van der Waals surface area contributed by atoms with Crippen molar-refractivity contribution in [2.45, 2.75) is 27.3 Å². The Hall–Kier alpha value is -2.57. The standard InChI is InChI=1S/C17H23N3O4/c1-10(2)8-18-16(21)9-20-11(3)19-13-7-15(24-5)14(23-4)6-12(13)17(20)22/h6-7,10H,8-9H2,1-5H3,(H,18,21). The Labute approximate surface area is 140 Å². The number of hydrogen-bond donors (Lipinski definition) is 1. The number of aromatic nitrogens is 2. The number of carbonyl (C=O) groups excluding carboxylic acids is 1. The minimum Gasteiger partial charge on any atom is -0.493 e. The zero-order valence-corrected chi connectivity index (χ0v) is 14.7. The summed E-state index contributed by atoms with van der Waals surface area (Å²) in [5.74, 6) is 1.56. The Kier molecular flexibility index (Phi) is 5.43. The molecule has 0 aliphatic carbocycles. The highest BCUT2D eigenvalue weighted by atomic mass is 16.5. The molecule has 0 fully saturated rings. The van der Waals surface area contributed by atoms with Crippen molar-refractivity contribution in [1.29, 1.82) is 0 Å². The van der Waals surface area contributed by atoms with E-state index >= 15 is 0 Å². The van der Waals surface area contributed by atoms with Crippen molar-refractivity contribution in [2.24, 2.45) is 5.92 Å². The van der Waals surface area contributed by atoms with E-state index in [0.29, 0.717) is 40.7 Å². The molecule has 130 valence electrons. The Morgan fingerprint density at radius 1 is 1.25 bits per heavy atom. The average molecular weight is 333 g/mol. The fraction of sp³-hybridized carbons (Fsp3) is 0.471. The molecule has 1 heterocycles. The molecule has 7 heteroatoms. The first-order valence-corrected chi connectivity index (χ1v) is 7.77. The van der Waals surface area contributed by atoms with E-state index in [1.165, 1.54) is 18.8 Å². The second-order valence-electron chi connectivity index (χ2n) is 5.97. The molecule has 7 nitrogen and oxygen atoms in total. The summed E-state index contributed by atoms with van der Waals surface area (Å²) < 4.78 is 11.8. The van der Waals surface area contributed by atoms with Crippen LogP contribution in [0.2, 0.25) is 0 Å². The van der Waals surface area contributed by atoms with Gasteiger partial charge in [-0.25, -0.2) is 4.98 Å². The van der Waals surface area contributed by atoms with E-state index in [0.717, 1.165) is 0 Å². The predicted molar refractivity (Wildman–Crippen MR) is 91.7 cm³/mol. The zero-order valence-electron chi connectivity index (χ0n) is 14.7. The summed E-state index contributed by atoms with van der Waals surface area (Å²) in [4.78, 5) is 29.2. The summed E-state index contributed by atoms with van der Waals surface area (Å²) in [6, 6.07) is 3.25. The highest BCUT2D eigenvalue weighted by Gasteiger charge is 2.15. The predicted octanol–water partition coefficient (Wildman–Crippen LogP) is 1.49.